The molecule has 0 N–H and O–H groups in total. The first kappa shape index (κ1) is 7.04. The molecule has 0 bridgehead atoms. The van der Waals surface area contributed by atoms with Crippen LogP contribution in [0.2, 0.25) is 0 Å². The van der Waals surface area contributed by atoms with Gasteiger partial charge in [-0.3, -0.25) is 4.79 Å². The van der Waals surface area contributed by atoms with Crippen molar-refractivity contribution in [3.8, 4) is 0 Å². The van der Waals surface area contributed by atoms with Crippen LogP contribution < -0.4 is 0 Å². The lowest BCUT2D eigenvalue weighted by atomic mass is 10.1. The van der Waals surface area contributed by atoms with Gasteiger partial charge in [0, 0.05) is 11.1 Å². The number of hydrogen-bond donors (Lipinski definition) is 0. The Morgan fingerprint density at radius 2 is 1.50 bits per heavy atom. The fourth-order valence-electron chi connectivity index (χ4n) is 1.41. The summed E-state index contributed by atoms with van der Waals surface area (Å²) in [5.74, 6) is 0.00981. The highest BCUT2D eigenvalue weighted by Crippen LogP contribution is 2.33. The van der Waals surface area contributed by atoms with Crippen molar-refractivity contribution < 1.29 is 4.79 Å². The monoisotopic (exact) mass is 156 g/mol. The van der Waals surface area contributed by atoms with Crippen LogP contribution in [0.15, 0.2) is 43.0 Å². The smallest absolute Gasteiger partial charge is 0.193 e. The lowest BCUT2D eigenvalue weighted by molar-refractivity contribution is 0.104. The third kappa shape index (κ3) is 0.706. The quantitative estimate of drug-likeness (QED) is 0.527. The van der Waals surface area contributed by atoms with Gasteiger partial charge in [-0.1, -0.05) is 37.4 Å². The molecule has 1 aromatic rings. The van der Waals surface area contributed by atoms with Crippen LogP contribution in [0.3, 0.4) is 0 Å². The summed E-state index contributed by atoms with van der Waals surface area (Å²) in [4.78, 5) is 11.4. The molecule has 0 atom stereocenters. The molecule has 1 nitrogen and oxygen atoms in total. The molecule has 0 aliphatic heterocycles. The van der Waals surface area contributed by atoms with Crippen molar-refractivity contribution in [2.75, 3.05) is 0 Å². The minimum atomic E-state index is 0.00981. The zero-order chi connectivity index (χ0) is 8.72. The summed E-state index contributed by atoms with van der Waals surface area (Å²) < 4.78 is 0. The Labute approximate surface area is 71.0 Å². The predicted molar refractivity (Wildman–Crippen MR) is 48.9 cm³/mol. The van der Waals surface area contributed by atoms with Crippen molar-refractivity contribution in [2.24, 2.45) is 0 Å². The molecular formula is C11H8O. The molecule has 0 aromatic heterocycles. The van der Waals surface area contributed by atoms with Crippen LogP contribution in [0, 0.1) is 0 Å². The maximum atomic E-state index is 11.4. The highest BCUT2D eigenvalue weighted by molar-refractivity contribution is 6.25. The van der Waals surface area contributed by atoms with E-state index in [9.17, 15) is 4.79 Å². The van der Waals surface area contributed by atoms with Crippen LogP contribution in [0.5, 0.6) is 0 Å². The molecule has 2 rings (SSSR count). The summed E-state index contributed by atoms with van der Waals surface area (Å²) in [5, 5.41) is 0. The Bertz CT molecular complexity index is 362. The zero-order valence-corrected chi connectivity index (χ0v) is 6.63. The molecule has 1 aliphatic rings. The number of fused-ring (bicyclic) bond motifs is 1. The number of benzene rings is 1. The van der Waals surface area contributed by atoms with E-state index >= 15 is 0 Å². The lowest BCUT2D eigenvalue weighted by Crippen LogP contribution is -1.92. The first-order valence-corrected chi connectivity index (χ1v) is 3.74. The summed E-state index contributed by atoms with van der Waals surface area (Å²) in [6, 6.07) is 7.45. The Morgan fingerprint density at radius 3 is 2.08 bits per heavy atom. The first-order valence-electron chi connectivity index (χ1n) is 3.74. The maximum absolute atomic E-state index is 11.4. The van der Waals surface area contributed by atoms with E-state index in [0.717, 1.165) is 16.7 Å². The number of carbonyl (C=O) groups is 1. The normalized spacial score (nSPS) is 15.2. The van der Waals surface area contributed by atoms with Crippen LogP contribution in [-0.4, -0.2) is 5.78 Å². The van der Waals surface area contributed by atoms with E-state index < -0.39 is 0 Å². The lowest BCUT2D eigenvalue weighted by Gasteiger charge is -1.94. The highest BCUT2D eigenvalue weighted by Gasteiger charge is 2.25. The van der Waals surface area contributed by atoms with Gasteiger partial charge in [0.1, 0.15) is 0 Å². The molecule has 12 heavy (non-hydrogen) atoms. The van der Waals surface area contributed by atoms with E-state index in [0.29, 0.717) is 5.57 Å². The second-order valence-corrected chi connectivity index (χ2v) is 2.83. The molecule has 0 heterocycles. The van der Waals surface area contributed by atoms with Gasteiger partial charge < -0.3 is 0 Å². The topological polar surface area (TPSA) is 17.1 Å². The van der Waals surface area contributed by atoms with Gasteiger partial charge in [-0.15, -0.1) is 0 Å². The maximum Gasteiger partial charge on any atom is 0.193 e. The molecule has 0 amide bonds. The Hall–Kier alpha value is -1.63. The van der Waals surface area contributed by atoms with Crippen LogP contribution in [-0.2, 0) is 0 Å². The van der Waals surface area contributed by atoms with Gasteiger partial charge in [-0.05, 0) is 11.1 Å². The second-order valence-electron chi connectivity index (χ2n) is 2.83. The van der Waals surface area contributed by atoms with Crippen LogP contribution in [0.4, 0.5) is 0 Å². The highest BCUT2D eigenvalue weighted by atomic mass is 16.1. The summed E-state index contributed by atoms with van der Waals surface area (Å²) >= 11 is 0. The molecule has 1 aliphatic carbocycles. The van der Waals surface area contributed by atoms with Crippen LogP contribution in [0.25, 0.3) is 5.57 Å². The number of Topliss-reactive ketones (excluding diaryl/α,β-unsaturated/α-hetero) is 1. The van der Waals surface area contributed by atoms with E-state index in [1.165, 1.54) is 0 Å². The molecule has 0 saturated heterocycles. The molecule has 0 spiro atoms. The van der Waals surface area contributed by atoms with E-state index in [2.05, 4.69) is 13.2 Å². The second kappa shape index (κ2) is 2.18. The Morgan fingerprint density at radius 1 is 0.917 bits per heavy atom. The third-order valence-electron chi connectivity index (χ3n) is 2.14. The van der Waals surface area contributed by atoms with E-state index in [1.807, 2.05) is 18.2 Å². The average molecular weight is 156 g/mol. The van der Waals surface area contributed by atoms with E-state index in [-0.39, 0.29) is 5.78 Å². The fraction of sp³-hybridized carbons (Fsp3) is 0. The van der Waals surface area contributed by atoms with Gasteiger partial charge in [0.05, 0.1) is 0 Å². The third-order valence-corrected chi connectivity index (χ3v) is 2.14. The van der Waals surface area contributed by atoms with Gasteiger partial charge in [-0.25, -0.2) is 0 Å². The summed E-state index contributed by atoms with van der Waals surface area (Å²) in [7, 11) is 0. The van der Waals surface area contributed by atoms with Gasteiger partial charge in [-0.2, -0.15) is 0 Å². The molecule has 0 radical (unpaired) electrons. The van der Waals surface area contributed by atoms with Crippen molar-refractivity contribution in [2.45, 2.75) is 0 Å². The largest absolute Gasteiger partial charge is 0.289 e. The molecule has 0 saturated carbocycles. The van der Waals surface area contributed by atoms with Gasteiger partial charge in [0.15, 0.2) is 5.78 Å². The van der Waals surface area contributed by atoms with Crippen molar-refractivity contribution in [1.82, 2.24) is 0 Å². The summed E-state index contributed by atoms with van der Waals surface area (Å²) in [6.07, 6.45) is 0. The predicted octanol–water partition coefficient (Wildman–Crippen LogP) is 2.45. The standard InChI is InChI=1S/C11H8O/c1-7-8(2)11(12)10-6-4-3-5-9(7)10/h3-6H,1-2H2. The average Bonchev–Trinajstić information content (AvgIpc) is 2.33. The van der Waals surface area contributed by atoms with Gasteiger partial charge in [0.25, 0.3) is 0 Å². The number of carbonyl (C=O) groups excluding carboxylic acids is 1. The van der Waals surface area contributed by atoms with Crippen LogP contribution >= 0.6 is 0 Å². The molecule has 1 aromatic carbocycles. The van der Waals surface area contributed by atoms with E-state index in [1.54, 1.807) is 6.07 Å². The summed E-state index contributed by atoms with van der Waals surface area (Å²) in [6.45, 7) is 7.49. The Kier molecular flexibility index (Phi) is 1.28. The number of rotatable bonds is 0. The number of hydrogen-bond acceptors (Lipinski definition) is 1. The van der Waals surface area contributed by atoms with E-state index in [4.69, 9.17) is 0 Å². The van der Waals surface area contributed by atoms with Crippen molar-refractivity contribution in [3.05, 3.63) is 54.1 Å². The SMILES string of the molecule is C=C1C(=C)c2ccccc2C1=O. The van der Waals surface area contributed by atoms with Crippen molar-refractivity contribution in [1.29, 1.82) is 0 Å². The summed E-state index contributed by atoms with van der Waals surface area (Å²) in [5.41, 5.74) is 2.94. The van der Waals surface area contributed by atoms with Gasteiger partial charge in [0.2, 0.25) is 0 Å². The molecule has 1 heteroatoms. The van der Waals surface area contributed by atoms with Crippen LogP contribution in [0.1, 0.15) is 15.9 Å². The van der Waals surface area contributed by atoms with Crippen molar-refractivity contribution in [3.63, 3.8) is 0 Å². The zero-order valence-electron chi connectivity index (χ0n) is 6.63. The van der Waals surface area contributed by atoms with Crippen molar-refractivity contribution >= 4 is 11.4 Å². The van der Waals surface area contributed by atoms with Gasteiger partial charge >= 0.3 is 0 Å². The fourth-order valence-corrected chi connectivity index (χ4v) is 1.41. The minimum absolute atomic E-state index is 0.00981. The molecular weight excluding hydrogens is 148 g/mol. The minimum Gasteiger partial charge on any atom is -0.289 e. The first-order chi connectivity index (χ1) is 5.72. The molecule has 58 valence electrons. The number of ketones is 1. The Balaban J connectivity index is 2.76. The number of allylic oxidation sites excluding steroid dienone is 2. The molecule has 0 fully saturated rings. The molecule has 0 unspecified atom stereocenters.